The Morgan fingerprint density at radius 2 is 1.78 bits per heavy atom. The number of nitrogens with zero attached hydrogens (tertiary/aromatic N) is 2. The van der Waals surface area contributed by atoms with Crippen molar-refractivity contribution in [1.82, 2.24) is 15.3 Å². The van der Waals surface area contributed by atoms with Crippen LogP contribution in [0, 0.1) is 6.92 Å². The summed E-state index contributed by atoms with van der Waals surface area (Å²) in [6.07, 6.45) is 3.93. The molecule has 0 unspecified atom stereocenters. The zero-order valence-corrected chi connectivity index (χ0v) is 21.7. The van der Waals surface area contributed by atoms with Gasteiger partial charge in [-0.05, 0) is 98.8 Å². The maximum atomic E-state index is 6.45. The number of hydrogen-bond donors (Lipinski definition) is 3. The third-order valence-electron chi connectivity index (χ3n) is 6.51. The van der Waals surface area contributed by atoms with E-state index in [1.807, 2.05) is 32.0 Å². The maximum Gasteiger partial charge on any atom is 0.229 e. The van der Waals surface area contributed by atoms with Crippen LogP contribution in [0.15, 0.2) is 60.8 Å². The Balaban J connectivity index is 1.42. The maximum absolute atomic E-state index is 6.45. The number of nitrogens with one attached hydrogen (secondary N) is 3. The van der Waals surface area contributed by atoms with Gasteiger partial charge in [0, 0.05) is 5.69 Å². The average molecular weight is 502 g/mol. The fourth-order valence-corrected chi connectivity index (χ4v) is 4.90. The van der Waals surface area contributed by atoms with Gasteiger partial charge in [-0.25, -0.2) is 4.98 Å². The average Bonchev–Trinajstić information content (AvgIpc) is 2.88. The van der Waals surface area contributed by atoms with Crippen LogP contribution in [-0.4, -0.2) is 29.2 Å². The molecule has 3 N–H and O–H groups in total. The van der Waals surface area contributed by atoms with Gasteiger partial charge in [-0.1, -0.05) is 41.9 Å². The number of aryl methyl sites for hydroxylation is 1. The molecule has 1 aromatic heterocycles. The van der Waals surface area contributed by atoms with Crippen molar-refractivity contribution in [2.75, 3.05) is 23.7 Å². The molecular weight excluding hydrogens is 470 g/mol. The number of piperidine rings is 1. The summed E-state index contributed by atoms with van der Waals surface area (Å²) < 4.78 is 6.22. The summed E-state index contributed by atoms with van der Waals surface area (Å²) in [5.74, 6) is 2.34. The van der Waals surface area contributed by atoms with Gasteiger partial charge in [-0.3, -0.25) is 0 Å². The molecule has 186 valence electrons. The minimum Gasteiger partial charge on any atom is -0.489 e. The van der Waals surface area contributed by atoms with Crippen LogP contribution in [0.4, 0.5) is 23.1 Å². The Bertz CT molecular complexity index is 1370. The Hall–Kier alpha value is -3.35. The molecule has 1 aliphatic heterocycles. The van der Waals surface area contributed by atoms with Crippen LogP contribution in [0.1, 0.15) is 43.7 Å². The zero-order valence-electron chi connectivity index (χ0n) is 20.9. The number of fused-ring (bicyclic) bond motifs is 1. The molecule has 0 radical (unpaired) electrons. The molecule has 0 bridgehead atoms. The lowest BCUT2D eigenvalue weighted by atomic mass is 9.87. The Morgan fingerprint density at radius 3 is 2.56 bits per heavy atom. The van der Waals surface area contributed by atoms with Crippen LogP contribution in [0.5, 0.6) is 5.75 Å². The second-order valence-corrected chi connectivity index (χ2v) is 10.0. The standard InChI is InChI=1S/C29H32ClN5O/c1-18(2)36-27-16-24(21-10-12-31-13-11-21)19(3)14-26(27)34-29-32-17-25(30)28(35-29)33-23-9-8-20-6-4-5-7-22(20)15-23/h4-9,14-18,21,31H,10-13H2,1-3H3,(H2,32,33,34,35). The molecular formula is C29H32ClN5O. The van der Waals surface area contributed by atoms with Gasteiger partial charge in [0.2, 0.25) is 5.95 Å². The van der Waals surface area contributed by atoms with Gasteiger partial charge in [0.05, 0.1) is 18.0 Å². The lowest BCUT2D eigenvalue weighted by Crippen LogP contribution is -2.27. The zero-order chi connectivity index (χ0) is 25.1. The summed E-state index contributed by atoms with van der Waals surface area (Å²) in [5.41, 5.74) is 4.35. The summed E-state index contributed by atoms with van der Waals surface area (Å²) in [6, 6.07) is 18.8. The highest BCUT2D eigenvalue weighted by molar-refractivity contribution is 6.32. The lowest BCUT2D eigenvalue weighted by Gasteiger charge is -2.26. The van der Waals surface area contributed by atoms with Gasteiger partial charge in [-0.2, -0.15) is 4.98 Å². The number of ether oxygens (including phenoxy) is 1. The number of aromatic nitrogens is 2. The van der Waals surface area contributed by atoms with E-state index in [4.69, 9.17) is 16.3 Å². The van der Waals surface area contributed by atoms with Crippen molar-refractivity contribution in [3.63, 3.8) is 0 Å². The molecule has 0 atom stereocenters. The molecule has 7 heteroatoms. The molecule has 5 rings (SSSR count). The molecule has 0 amide bonds. The molecule has 4 aromatic rings. The van der Waals surface area contributed by atoms with E-state index in [9.17, 15) is 0 Å². The van der Waals surface area contributed by atoms with Crippen molar-refractivity contribution in [1.29, 1.82) is 0 Å². The normalized spacial score (nSPS) is 14.2. The predicted molar refractivity (Wildman–Crippen MR) is 149 cm³/mol. The Labute approximate surface area is 217 Å². The van der Waals surface area contributed by atoms with E-state index < -0.39 is 0 Å². The quantitative estimate of drug-likeness (QED) is 0.246. The Kier molecular flexibility index (Phi) is 7.25. The third-order valence-corrected chi connectivity index (χ3v) is 6.79. The van der Waals surface area contributed by atoms with Gasteiger partial charge < -0.3 is 20.7 Å². The molecule has 1 fully saturated rings. The van der Waals surface area contributed by atoms with Crippen molar-refractivity contribution < 1.29 is 4.74 Å². The van der Waals surface area contributed by atoms with Crippen molar-refractivity contribution in [3.8, 4) is 5.75 Å². The molecule has 3 aromatic carbocycles. The van der Waals surface area contributed by atoms with E-state index in [1.165, 1.54) is 16.5 Å². The van der Waals surface area contributed by atoms with Crippen LogP contribution in [0.2, 0.25) is 5.02 Å². The van der Waals surface area contributed by atoms with Crippen LogP contribution >= 0.6 is 11.6 Å². The van der Waals surface area contributed by atoms with E-state index in [2.05, 4.69) is 69.2 Å². The molecule has 1 saturated heterocycles. The fourth-order valence-electron chi connectivity index (χ4n) is 4.76. The van der Waals surface area contributed by atoms with Gasteiger partial charge in [0.1, 0.15) is 10.8 Å². The number of benzene rings is 3. The number of anilines is 4. The summed E-state index contributed by atoms with van der Waals surface area (Å²) in [4.78, 5) is 9.11. The van der Waals surface area contributed by atoms with Crippen LogP contribution in [-0.2, 0) is 0 Å². The van der Waals surface area contributed by atoms with Crippen molar-refractivity contribution in [2.45, 2.75) is 45.6 Å². The van der Waals surface area contributed by atoms with E-state index in [1.54, 1.807) is 6.20 Å². The number of hydrogen-bond acceptors (Lipinski definition) is 6. The first-order chi connectivity index (χ1) is 17.5. The number of halogens is 1. The van der Waals surface area contributed by atoms with Crippen molar-refractivity contribution in [3.05, 3.63) is 76.9 Å². The fraction of sp³-hybridized carbons (Fsp3) is 0.310. The summed E-state index contributed by atoms with van der Waals surface area (Å²) in [6.45, 7) is 8.35. The first-order valence-electron chi connectivity index (χ1n) is 12.5. The lowest BCUT2D eigenvalue weighted by molar-refractivity contribution is 0.243. The highest BCUT2D eigenvalue weighted by atomic mass is 35.5. The molecule has 0 aliphatic carbocycles. The van der Waals surface area contributed by atoms with Crippen LogP contribution in [0.3, 0.4) is 0 Å². The smallest absolute Gasteiger partial charge is 0.229 e. The second-order valence-electron chi connectivity index (χ2n) is 9.60. The monoisotopic (exact) mass is 501 g/mol. The summed E-state index contributed by atoms with van der Waals surface area (Å²) in [5, 5.41) is 12.9. The minimum atomic E-state index is 0.0467. The van der Waals surface area contributed by atoms with Gasteiger partial charge in [-0.15, -0.1) is 0 Å². The van der Waals surface area contributed by atoms with Gasteiger partial charge in [0.15, 0.2) is 5.82 Å². The first-order valence-corrected chi connectivity index (χ1v) is 12.9. The summed E-state index contributed by atoms with van der Waals surface area (Å²) in [7, 11) is 0. The van der Waals surface area contributed by atoms with Gasteiger partial charge in [0.25, 0.3) is 0 Å². The Morgan fingerprint density at radius 1 is 1.00 bits per heavy atom. The SMILES string of the molecule is Cc1cc(Nc2ncc(Cl)c(Nc3ccc4ccccc4c3)n2)c(OC(C)C)cc1C1CCNCC1. The second kappa shape index (κ2) is 10.7. The molecule has 2 heterocycles. The van der Waals surface area contributed by atoms with E-state index in [0.717, 1.165) is 48.4 Å². The number of rotatable bonds is 7. The molecule has 36 heavy (non-hydrogen) atoms. The highest BCUT2D eigenvalue weighted by Crippen LogP contribution is 2.37. The molecule has 1 aliphatic rings. The molecule has 6 nitrogen and oxygen atoms in total. The molecule has 0 spiro atoms. The van der Waals surface area contributed by atoms with E-state index in [-0.39, 0.29) is 6.10 Å². The van der Waals surface area contributed by atoms with Crippen LogP contribution < -0.4 is 20.7 Å². The van der Waals surface area contributed by atoms with E-state index >= 15 is 0 Å². The highest BCUT2D eigenvalue weighted by Gasteiger charge is 2.20. The van der Waals surface area contributed by atoms with Crippen molar-refractivity contribution >= 4 is 45.5 Å². The topological polar surface area (TPSA) is 71.1 Å². The van der Waals surface area contributed by atoms with Crippen molar-refractivity contribution in [2.24, 2.45) is 0 Å². The first kappa shape index (κ1) is 24.3. The third kappa shape index (κ3) is 5.55. The largest absolute Gasteiger partial charge is 0.489 e. The molecule has 0 saturated carbocycles. The predicted octanol–water partition coefficient (Wildman–Crippen LogP) is 7.33. The summed E-state index contributed by atoms with van der Waals surface area (Å²) >= 11 is 6.45. The van der Waals surface area contributed by atoms with E-state index in [0.29, 0.717) is 22.7 Å². The minimum absolute atomic E-state index is 0.0467. The van der Waals surface area contributed by atoms with Gasteiger partial charge >= 0.3 is 0 Å². The van der Waals surface area contributed by atoms with Crippen LogP contribution in [0.25, 0.3) is 10.8 Å².